The van der Waals surface area contributed by atoms with Gasteiger partial charge in [-0.15, -0.1) is 6.01 Å². The largest absolute Gasteiger partial charge is 0.422 e. The Kier molecular flexibility index (Phi) is 5.98. The van der Waals surface area contributed by atoms with Crippen LogP contribution >= 0.6 is 0 Å². The molecule has 0 aliphatic rings. The lowest BCUT2D eigenvalue weighted by atomic mass is 10.7. The molecule has 0 fully saturated rings. The maximum Gasteiger partial charge on any atom is 0.244 e. The number of aromatic nitrogens is 2. The second-order valence-electron chi connectivity index (χ2n) is 2.22. The molecule has 0 unspecified atom stereocenters. The maximum absolute atomic E-state index is 8.25. The van der Waals surface area contributed by atoms with E-state index < -0.39 is 0 Å². The third kappa shape index (κ3) is 5.25. The lowest BCUT2D eigenvalue weighted by Gasteiger charge is -1.79. The quantitative estimate of drug-likeness (QED) is 0.354. The summed E-state index contributed by atoms with van der Waals surface area (Å²) in [6.45, 7) is 0.431. The molecule has 1 rings (SSSR count). The maximum atomic E-state index is 8.25. The summed E-state index contributed by atoms with van der Waals surface area (Å²) in [6.07, 6.45) is 6.91. The highest BCUT2D eigenvalue weighted by molar-refractivity contribution is 5.46. The van der Waals surface area contributed by atoms with E-state index in [4.69, 9.17) is 15.9 Å². The number of nitrogens with zero attached hydrogens (tertiary/aromatic N) is 6. The highest BCUT2D eigenvalue weighted by Crippen LogP contribution is 1.79. The van der Waals surface area contributed by atoms with E-state index in [1.165, 1.54) is 12.2 Å². The Morgan fingerprint density at radius 2 is 2.29 bits per heavy atom. The van der Waals surface area contributed by atoms with Crippen LogP contribution in [0.1, 0.15) is 0 Å². The normalized spacial score (nSPS) is 7.07. The van der Waals surface area contributed by atoms with Gasteiger partial charge >= 0.3 is 0 Å². The predicted octanol–water partition coefficient (Wildman–Crippen LogP) is 0.0470. The first kappa shape index (κ1) is 11.6. The molecule has 0 radical (unpaired) electrons. The Bertz CT molecular complexity index is 398. The number of rotatable bonds is 1. The number of aliphatic imine (C=N–C) groups is 1. The number of hydrogen-bond acceptors (Lipinski definition) is 3. The Labute approximate surface area is 81.5 Å². The molecular weight excluding hydrogens is 180 g/mol. The van der Waals surface area contributed by atoms with Gasteiger partial charge < -0.3 is 10.4 Å². The monoisotopic (exact) mass is 188 g/mol. The van der Waals surface area contributed by atoms with Crippen molar-refractivity contribution in [2.75, 3.05) is 0 Å². The van der Waals surface area contributed by atoms with Gasteiger partial charge in [-0.1, -0.05) is 0 Å². The molecule has 0 bridgehead atoms. The number of aryl methyl sites for hydroxylation is 1. The minimum atomic E-state index is 0.431. The fourth-order valence-corrected chi connectivity index (χ4v) is 0.699. The second kappa shape index (κ2) is 7.23. The van der Waals surface area contributed by atoms with E-state index in [0.29, 0.717) is 6.54 Å². The van der Waals surface area contributed by atoms with Gasteiger partial charge in [-0.25, -0.2) is 9.13 Å². The Balaban J connectivity index is 0.000000292. The zero-order valence-electron chi connectivity index (χ0n) is 7.62. The Hall–Kier alpha value is -2.43. The topological polar surface area (TPSA) is 91.0 Å². The predicted molar refractivity (Wildman–Crippen MR) is 47.6 cm³/mol. The van der Waals surface area contributed by atoms with Crippen molar-refractivity contribution >= 4 is 6.01 Å². The lowest BCUT2D eigenvalue weighted by Crippen LogP contribution is -2.23. The van der Waals surface area contributed by atoms with Crippen LogP contribution in [0.25, 0.3) is 5.41 Å². The van der Waals surface area contributed by atoms with Crippen molar-refractivity contribution in [3.8, 4) is 12.3 Å². The SMILES string of the molecule is C[n+]1ccn(CC#N)c1.N#CN=C=[N-]. The van der Waals surface area contributed by atoms with E-state index >= 15 is 0 Å². The number of imidazole rings is 1. The van der Waals surface area contributed by atoms with Gasteiger partial charge in [0.2, 0.25) is 6.33 Å². The number of nitriles is 2. The average molecular weight is 188 g/mol. The molecule has 0 saturated heterocycles. The number of hydrogen-bond donors (Lipinski definition) is 0. The van der Waals surface area contributed by atoms with Crippen LogP contribution in [0.4, 0.5) is 0 Å². The van der Waals surface area contributed by atoms with E-state index in [1.54, 1.807) is 0 Å². The van der Waals surface area contributed by atoms with Gasteiger partial charge in [-0.05, 0) is 0 Å². The summed E-state index contributed by atoms with van der Waals surface area (Å²) in [6, 6.07) is 3.33. The third-order valence-corrected chi connectivity index (χ3v) is 1.18. The van der Waals surface area contributed by atoms with Gasteiger partial charge in [0.05, 0.1) is 13.2 Å². The van der Waals surface area contributed by atoms with E-state index in [1.807, 2.05) is 41.0 Å². The van der Waals surface area contributed by atoms with Crippen molar-refractivity contribution in [1.82, 2.24) is 4.57 Å². The van der Waals surface area contributed by atoms with Gasteiger partial charge in [0, 0.05) is 0 Å². The van der Waals surface area contributed by atoms with Gasteiger partial charge in [-0.2, -0.15) is 10.5 Å². The van der Waals surface area contributed by atoms with Crippen molar-refractivity contribution in [3.05, 3.63) is 24.1 Å². The molecule has 0 saturated carbocycles. The summed E-state index contributed by atoms with van der Waals surface area (Å²) in [5.41, 5.74) is 0. The highest BCUT2D eigenvalue weighted by atomic mass is 15.1. The molecule has 0 aromatic carbocycles. The minimum Gasteiger partial charge on any atom is -0.422 e. The molecule has 1 heterocycles. The molecule has 6 nitrogen and oxygen atoms in total. The fourth-order valence-electron chi connectivity index (χ4n) is 0.699. The molecule has 0 amide bonds. The van der Waals surface area contributed by atoms with Crippen LogP contribution in [-0.2, 0) is 13.6 Å². The van der Waals surface area contributed by atoms with Crippen LogP contribution in [0, 0.1) is 22.8 Å². The van der Waals surface area contributed by atoms with Crippen LogP contribution in [0.15, 0.2) is 23.7 Å². The van der Waals surface area contributed by atoms with Crippen LogP contribution in [-0.4, -0.2) is 10.6 Å². The van der Waals surface area contributed by atoms with Crippen LogP contribution < -0.4 is 4.57 Å². The van der Waals surface area contributed by atoms with Crippen molar-refractivity contribution in [2.24, 2.45) is 12.0 Å². The molecule has 70 valence electrons. The zero-order valence-corrected chi connectivity index (χ0v) is 7.62. The zero-order chi connectivity index (χ0) is 10.8. The first-order valence-corrected chi connectivity index (χ1v) is 3.60. The third-order valence-electron chi connectivity index (χ3n) is 1.18. The molecular formula is C8H8N6. The molecule has 14 heavy (non-hydrogen) atoms. The summed E-state index contributed by atoms with van der Waals surface area (Å²) in [5, 5.41) is 23.1. The van der Waals surface area contributed by atoms with Crippen molar-refractivity contribution < 1.29 is 4.57 Å². The van der Waals surface area contributed by atoms with Gasteiger partial charge in [0.25, 0.3) is 0 Å². The molecule has 0 atom stereocenters. The minimum absolute atomic E-state index is 0.431. The molecule has 6 heteroatoms. The van der Waals surface area contributed by atoms with Gasteiger partial charge in [0.1, 0.15) is 18.5 Å². The van der Waals surface area contributed by atoms with E-state index in [0.717, 1.165) is 0 Å². The highest BCUT2D eigenvalue weighted by Gasteiger charge is 1.95. The molecule has 1 aromatic heterocycles. The van der Waals surface area contributed by atoms with Crippen LogP contribution in [0.5, 0.6) is 0 Å². The lowest BCUT2D eigenvalue weighted by molar-refractivity contribution is -0.671. The van der Waals surface area contributed by atoms with Gasteiger partial charge in [0.15, 0.2) is 6.54 Å². The van der Waals surface area contributed by atoms with Crippen LogP contribution in [0.2, 0.25) is 0 Å². The summed E-state index contributed by atoms with van der Waals surface area (Å²) >= 11 is 0. The Morgan fingerprint density at radius 3 is 2.57 bits per heavy atom. The summed E-state index contributed by atoms with van der Waals surface area (Å²) in [7, 11) is 1.92. The van der Waals surface area contributed by atoms with E-state index in [2.05, 4.69) is 4.99 Å². The van der Waals surface area contributed by atoms with Crippen molar-refractivity contribution in [1.29, 1.82) is 10.5 Å². The summed E-state index contributed by atoms with van der Waals surface area (Å²) < 4.78 is 3.72. The van der Waals surface area contributed by atoms with Crippen molar-refractivity contribution in [2.45, 2.75) is 6.54 Å². The first-order valence-electron chi connectivity index (χ1n) is 3.60. The fraction of sp³-hybridized carbons (Fsp3) is 0.250. The summed E-state index contributed by atoms with van der Waals surface area (Å²) in [5.74, 6) is 0. The van der Waals surface area contributed by atoms with Crippen molar-refractivity contribution in [3.63, 3.8) is 0 Å². The summed E-state index contributed by atoms with van der Waals surface area (Å²) in [4.78, 5) is 2.58. The molecule has 1 aromatic rings. The standard InChI is InChI=1S/C6H8N3.C2N3/c1-8-4-5-9(6-8)3-2-7;3-1-5-2-4/h4-6H,3H2,1H3;/q+1;-1. The molecule has 0 spiro atoms. The second-order valence-corrected chi connectivity index (χ2v) is 2.22. The van der Waals surface area contributed by atoms with E-state index in [-0.39, 0.29) is 0 Å². The van der Waals surface area contributed by atoms with E-state index in [9.17, 15) is 0 Å². The van der Waals surface area contributed by atoms with Crippen LogP contribution in [0.3, 0.4) is 0 Å². The smallest absolute Gasteiger partial charge is 0.244 e. The molecule has 0 aliphatic carbocycles. The van der Waals surface area contributed by atoms with Gasteiger partial charge in [-0.3, -0.25) is 0 Å². The average Bonchev–Trinajstić information content (AvgIpc) is 2.55. The molecule has 0 N–H and O–H groups in total. The Morgan fingerprint density at radius 1 is 1.57 bits per heavy atom. The first-order chi connectivity index (χ1) is 6.74. The molecule has 0 aliphatic heterocycles.